The first-order chi connectivity index (χ1) is 8.45. The third kappa shape index (κ3) is 3.90. The van der Waals surface area contributed by atoms with Gasteiger partial charge in [0.2, 0.25) is 0 Å². The molecule has 1 rings (SSSR count). The first kappa shape index (κ1) is 14.8. The van der Waals surface area contributed by atoms with E-state index in [-0.39, 0.29) is 6.04 Å². The molecule has 0 bridgehead atoms. The molecular weight excluding hydrogens is 246 g/mol. The quantitative estimate of drug-likeness (QED) is 0.889. The standard InChI is InChI=1S/C14H20ClN3/c1-10(2)14(9-18(3)4)17-13-7-5-6-12(15)11(13)8-16/h5-7,10,14,17H,9H2,1-4H3. The Hall–Kier alpha value is -1.24. The maximum atomic E-state index is 9.15. The topological polar surface area (TPSA) is 39.1 Å². The second-order valence-corrected chi connectivity index (χ2v) is 5.44. The van der Waals surface area contributed by atoms with E-state index in [2.05, 4.69) is 30.1 Å². The molecule has 4 heteroatoms. The molecule has 0 aliphatic rings. The van der Waals surface area contributed by atoms with Crippen LogP contribution in [0.25, 0.3) is 0 Å². The predicted molar refractivity (Wildman–Crippen MR) is 77.0 cm³/mol. The SMILES string of the molecule is CC(C)C(CN(C)C)Nc1cccc(Cl)c1C#N. The van der Waals surface area contributed by atoms with Crippen LogP contribution in [0, 0.1) is 17.2 Å². The van der Waals surface area contributed by atoms with Gasteiger partial charge in [-0.25, -0.2) is 0 Å². The number of rotatable bonds is 5. The summed E-state index contributed by atoms with van der Waals surface area (Å²) in [4.78, 5) is 2.13. The molecule has 0 amide bonds. The van der Waals surface area contributed by atoms with Crippen molar-refractivity contribution in [1.82, 2.24) is 4.90 Å². The van der Waals surface area contributed by atoms with E-state index in [4.69, 9.17) is 16.9 Å². The van der Waals surface area contributed by atoms with E-state index in [0.29, 0.717) is 16.5 Å². The molecule has 0 heterocycles. The largest absolute Gasteiger partial charge is 0.380 e. The highest BCUT2D eigenvalue weighted by atomic mass is 35.5. The molecule has 18 heavy (non-hydrogen) atoms. The number of anilines is 1. The number of hydrogen-bond acceptors (Lipinski definition) is 3. The van der Waals surface area contributed by atoms with Gasteiger partial charge in [0, 0.05) is 12.6 Å². The Morgan fingerprint density at radius 2 is 2.06 bits per heavy atom. The second kappa shape index (κ2) is 6.63. The Balaban J connectivity index is 2.94. The highest BCUT2D eigenvalue weighted by molar-refractivity contribution is 6.32. The van der Waals surface area contributed by atoms with E-state index >= 15 is 0 Å². The highest BCUT2D eigenvalue weighted by Gasteiger charge is 2.16. The fourth-order valence-electron chi connectivity index (χ4n) is 1.77. The Morgan fingerprint density at radius 3 is 2.56 bits per heavy atom. The van der Waals surface area contributed by atoms with Gasteiger partial charge < -0.3 is 10.2 Å². The summed E-state index contributed by atoms with van der Waals surface area (Å²) in [6, 6.07) is 7.93. The van der Waals surface area contributed by atoms with Gasteiger partial charge in [-0.1, -0.05) is 31.5 Å². The van der Waals surface area contributed by atoms with Crippen LogP contribution in [0.2, 0.25) is 5.02 Å². The molecule has 0 saturated heterocycles. The monoisotopic (exact) mass is 265 g/mol. The van der Waals surface area contributed by atoms with E-state index in [1.54, 1.807) is 6.07 Å². The van der Waals surface area contributed by atoms with Crippen molar-refractivity contribution >= 4 is 17.3 Å². The van der Waals surface area contributed by atoms with Crippen molar-refractivity contribution in [3.8, 4) is 6.07 Å². The molecule has 0 aliphatic carbocycles. The molecule has 0 aromatic heterocycles. The number of nitrogens with one attached hydrogen (secondary N) is 1. The maximum Gasteiger partial charge on any atom is 0.103 e. The van der Waals surface area contributed by atoms with Gasteiger partial charge in [-0.2, -0.15) is 5.26 Å². The molecule has 0 saturated carbocycles. The fraction of sp³-hybridized carbons (Fsp3) is 0.500. The van der Waals surface area contributed by atoms with Crippen LogP contribution in [0.3, 0.4) is 0 Å². The number of nitrogens with zero attached hydrogens (tertiary/aromatic N) is 2. The van der Waals surface area contributed by atoms with Crippen molar-refractivity contribution in [3.05, 3.63) is 28.8 Å². The van der Waals surface area contributed by atoms with Gasteiger partial charge in [0.1, 0.15) is 6.07 Å². The highest BCUT2D eigenvalue weighted by Crippen LogP contribution is 2.24. The van der Waals surface area contributed by atoms with Crippen molar-refractivity contribution in [2.24, 2.45) is 5.92 Å². The molecular formula is C14H20ClN3. The molecule has 0 fully saturated rings. The first-order valence-corrected chi connectivity index (χ1v) is 6.43. The lowest BCUT2D eigenvalue weighted by atomic mass is 10.0. The summed E-state index contributed by atoms with van der Waals surface area (Å²) in [5, 5.41) is 13.1. The van der Waals surface area contributed by atoms with Gasteiger partial charge >= 0.3 is 0 Å². The van der Waals surface area contributed by atoms with Crippen LogP contribution in [0.1, 0.15) is 19.4 Å². The molecule has 1 atom stereocenters. The van der Waals surface area contributed by atoms with Crippen LogP contribution >= 0.6 is 11.6 Å². The average Bonchev–Trinajstić information content (AvgIpc) is 2.27. The van der Waals surface area contributed by atoms with Crippen LogP contribution in [0.5, 0.6) is 0 Å². The minimum absolute atomic E-state index is 0.283. The van der Waals surface area contributed by atoms with Gasteiger partial charge in [-0.15, -0.1) is 0 Å². The number of likely N-dealkylation sites (N-methyl/N-ethyl adjacent to an activating group) is 1. The van der Waals surface area contributed by atoms with Crippen LogP contribution < -0.4 is 5.32 Å². The number of benzene rings is 1. The van der Waals surface area contributed by atoms with E-state index in [0.717, 1.165) is 12.2 Å². The average molecular weight is 266 g/mol. The molecule has 1 aromatic carbocycles. The maximum absolute atomic E-state index is 9.15. The van der Waals surface area contributed by atoms with Crippen molar-refractivity contribution in [1.29, 1.82) is 5.26 Å². The van der Waals surface area contributed by atoms with E-state index in [1.807, 2.05) is 26.2 Å². The second-order valence-electron chi connectivity index (χ2n) is 5.03. The van der Waals surface area contributed by atoms with Crippen molar-refractivity contribution in [2.45, 2.75) is 19.9 Å². The minimum Gasteiger partial charge on any atom is -0.380 e. The summed E-state index contributed by atoms with van der Waals surface area (Å²) in [7, 11) is 4.08. The summed E-state index contributed by atoms with van der Waals surface area (Å²) in [6.45, 7) is 5.24. The lowest BCUT2D eigenvalue weighted by Gasteiger charge is -2.27. The smallest absolute Gasteiger partial charge is 0.103 e. The van der Waals surface area contributed by atoms with Crippen LogP contribution in [0.15, 0.2) is 18.2 Å². The Kier molecular flexibility index (Phi) is 5.46. The van der Waals surface area contributed by atoms with Crippen LogP contribution in [-0.2, 0) is 0 Å². The van der Waals surface area contributed by atoms with Crippen LogP contribution in [0.4, 0.5) is 5.69 Å². The van der Waals surface area contributed by atoms with Crippen molar-refractivity contribution < 1.29 is 0 Å². The van der Waals surface area contributed by atoms with Gasteiger partial charge in [-0.3, -0.25) is 0 Å². The van der Waals surface area contributed by atoms with E-state index in [1.165, 1.54) is 0 Å². The van der Waals surface area contributed by atoms with Crippen molar-refractivity contribution in [3.63, 3.8) is 0 Å². The predicted octanol–water partition coefficient (Wildman–Crippen LogP) is 3.21. The van der Waals surface area contributed by atoms with Gasteiger partial charge in [0.05, 0.1) is 16.3 Å². The lowest BCUT2D eigenvalue weighted by molar-refractivity contribution is 0.344. The number of hydrogen-bond donors (Lipinski definition) is 1. The molecule has 98 valence electrons. The molecule has 1 N–H and O–H groups in total. The summed E-state index contributed by atoms with van der Waals surface area (Å²) in [6.07, 6.45) is 0. The minimum atomic E-state index is 0.283. The Morgan fingerprint density at radius 1 is 1.39 bits per heavy atom. The molecule has 0 radical (unpaired) electrons. The van der Waals surface area contributed by atoms with Crippen molar-refractivity contribution in [2.75, 3.05) is 26.0 Å². The summed E-state index contributed by atoms with van der Waals surface area (Å²) in [5.41, 5.74) is 1.33. The number of halogens is 1. The summed E-state index contributed by atoms with van der Waals surface area (Å²) in [5.74, 6) is 0.470. The zero-order chi connectivity index (χ0) is 13.7. The molecule has 1 aromatic rings. The fourth-order valence-corrected chi connectivity index (χ4v) is 1.99. The third-order valence-corrected chi connectivity index (χ3v) is 3.15. The van der Waals surface area contributed by atoms with E-state index in [9.17, 15) is 0 Å². The lowest BCUT2D eigenvalue weighted by Crippen LogP contribution is -2.36. The zero-order valence-electron chi connectivity index (χ0n) is 11.4. The van der Waals surface area contributed by atoms with E-state index < -0.39 is 0 Å². The van der Waals surface area contributed by atoms with Crippen LogP contribution in [-0.4, -0.2) is 31.6 Å². The molecule has 1 unspecified atom stereocenters. The molecule has 0 aliphatic heterocycles. The summed E-state index contributed by atoms with van der Waals surface area (Å²) >= 11 is 6.03. The zero-order valence-corrected chi connectivity index (χ0v) is 12.1. The van der Waals surface area contributed by atoms with Gasteiger partial charge in [0.25, 0.3) is 0 Å². The first-order valence-electron chi connectivity index (χ1n) is 6.05. The normalized spacial score (nSPS) is 12.6. The number of nitriles is 1. The van der Waals surface area contributed by atoms with Gasteiger partial charge in [0.15, 0.2) is 0 Å². The Bertz CT molecular complexity index is 435. The molecule has 0 spiro atoms. The van der Waals surface area contributed by atoms with Gasteiger partial charge in [-0.05, 0) is 32.1 Å². The molecule has 3 nitrogen and oxygen atoms in total. The summed E-state index contributed by atoms with van der Waals surface area (Å²) < 4.78 is 0. The Labute approximate surface area is 114 Å². The third-order valence-electron chi connectivity index (χ3n) is 2.83.